The van der Waals surface area contributed by atoms with Gasteiger partial charge in [0.25, 0.3) is 0 Å². The fourth-order valence-electron chi connectivity index (χ4n) is 2.20. The summed E-state index contributed by atoms with van der Waals surface area (Å²) < 4.78 is 5.82. The van der Waals surface area contributed by atoms with Crippen molar-refractivity contribution in [2.45, 2.75) is 18.5 Å². The number of halogens is 1. The molecule has 0 atom stereocenters. The molecule has 2 aromatic carbocycles. The molecule has 0 unspecified atom stereocenters. The van der Waals surface area contributed by atoms with Gasteiger partial charge in [0.1, 0.15) is 12.4 Å². The van der Waals surface area contributed by atoms with Gasteiger partial charge in [-0.2, -0.15) is 0 Å². The molecular weight excluding hydrogens is 272 g/mol. The number of fused-ring (bicyclic) bond motifs is 1. The third-order valence-electron chi connectivity index (χ3n) is 3.17. The van der Waals surface area contributed by atoms with Crippen LogP contribution in [0, 0.1) is 0 Å². The molecule has 0 radical (unpaired) electrons. The zero-order valence-electron chi connectivity index (χ0n) is 11.2. The van der Waals surface area contributed by atoms with Gasteiger partial charge in [-0.15, -0.1) is 11.6 Å². The number of benzene rings is 2. The third-order valence-corrected chi connectivity index (χ3v) is 3.48. The predicted octanol–water partition coefficient (Wildman–Crippen LogP) is 2.47. The molecule has 0 aliphatic carbocycles. The van der Waals surface area contributed by atoms with E-state index in [9.17, 15) is 0 Å². The lowest BCUT2D eigenvalue weighted by Gasteiger charge is -2.18. The maximum absolute atomic E-state index is 5.82. The number of hydrogen-bond donors (Lipinski definition) is 0. The number of hydrogen-bond acceptors (Lipinski definition) is 3. The maximum Gasteiger partial charge on any atom is 0.182 e. The summed E-state index contributed by atoms with van der Waals surface area (Å²) in [6, 6.07) is 15.6. The van der Waals surface area contributed by atoms with Gasteiger partial charge in [-0.1, -0.05) is 24.3 Å². The Hall–Kier alpha value is -1.87. The number of nitrogens with zero attached hydrogens (tertiary/aromatic N) is 2. The van der Waals surface area contributed by atoms with Crippen LogP contribution in [0.3, 0.4) is 0 Å². The highest BCUT2D eigenvalue weighted by atomic mass is 35.5. The van der Waals surface area contributed by atoms with Crippen LogP contribution in [0.25, 0.3) is 0 Å². The lowest BCUT2D eigenvalue weighted by molar-refractivity contribution is 0.236. The van der Waals surface area contributed by atoms with Crippen molar-refractivity contribution in [1.29, 1.82) is 0 Å². The topological polar surface area (TPSA) is 34.0 Å². The van der Waals surface area contributed by atoms with Crippen LogP contribution in [0.1, 0.15) is 12.5 Å². The molecule has 20 heavy (non-hydrogen) atoms. The van der Waals surface area contributed by atoms with Crippen LogP contribution in [-0.4, -0.2) is 12.3 Å². The third kappa shape index (κ3) is 2.68. The second-order valence-corrected chi connectivity index (χ2v) is 5.27. The van der Waals surface area contributed by atoms with Crippen LogP contribution < -0.4 is 15.5 Å². The summed E-state index contributed by atoms with van der Waals surface area (Å²) in [5, 5.41) is 1.85. The predicted molar refractivity (Wildman–Crippen MR) is 78.7 cm³/mol. The zero-order chi connectivity index (χ0) is 14.0. The Morgan fingerprint density at radius 1 is 1.05 bits per heavy atom. The smallest absolute Gasteiger partial charge is 0.182 e. The first kappa shape index (κ1) is 13.1. The molecule has 1 aliphatic rings. The molecule has 0 aromatic heterocycles. The van der Waals surface area contributed by atoms with Crippen LogP contribution in [-0.2, 0) is 5.88 Å². The molecule has 0 bridgehead atoms. The molecule has 1 aliphatic heterocycles. The second kappa shape index (κ2) is 5.25. The van der Waals surface area contributed by atoms with E-state index in [2.05, 4.69) is 9.98 Å². The van der Waals surface area contributed by atoms with Crippen LogP contribution in [0.5, 0.6) is 5.75 Å². The SMILES string of the molecule is CC1(COc2cccc(CCl)c2)N=c2ccccc2=N1. The summed E-state index contributed by atoms with van der Waals surface area (Å²) in [5.41, 5.74) is 0.485. The number of rotatable bonds is 4. The lowest BCUT2D eigenvalue weighted by atomic mass is 10.2. The average molecular weight is 287 g/mol. The molecule has 3 rings (SSSR count). The molecule has 1 heterocycles. The molecule has 0 N–H and O–H groups in total. The van der Waals surface area contributed by atoms with Crippen molar-refractivity contribution in [2.75, 3.05) is 6.61 Å². The van der Waals surface area contributed by atoms with Gasteiger partial charge in [0.05, 0.1) is 10.7 Å². The lowest BCUT2D eigenvalue weighted by Crippen LogP contribution is -2.27. The van der Waals surface area contributed by atoms with E-state index in [4.69, 9.17) is 16.3 Å². The molecule has 0 saturated heterocycles. The molecule has 0 amide bonds. The highest BCUT2D eigenvalue weighted by Gasteiger charge is 2.26. The number of alkyl halides is 1. The minimum atomic E-state index is -0.555. The first-order valence-electron chi connectivity index (χ1n) is 6.51. The molecule has 0 saturated carbocycles. The summed E-state index contributed by atoms with van der Waals surface area (Å²) in [4.78, 5) is 9.25. The van der Waals surface area contributed by atoms with E-state index in [-0.39, 0.29) is 0 Å². The minimum absolute atomic E-state index is 0.410. The average Bonchev–Trinajstić information content (AvgIpc) is 2.82. The van der Waals surface area contributed by atoms with Gasteiger partial charge in [-0.05, 0) is 36.8 Å². The van der Waals surface area contributed by atoms with Crippen LogP contribution in [0.4, 0.5) is 0 Å². The van der Waals surface area contributed by atoms with Crippen molar-refractivity contribution in [3.05, 3.63) is 64.8 Å². The van der Waals surface area contributed by atoms with Gasteiger partial charge < -0.3 is 4.74 Å². The molecule has 0 fully saturated rings. The largest absolute Gasteiger partial charge is 0.489 e. The van der Waals surface area contributed by atoms with E-state index in [0.717, 1.165) is 22.0 Å². The van der Waals surface area contributed by atoms with Gasteiger partial charge in [0.15, 0.2) is 5.66 Å². The standard InChI is InChI=1S/C16H15ClN2O/c1-16(18-14-7-2-3-8-15(14)19-16)11-20-13-6-4-5-12(9-13)10-17/h2-9H,10-11H2,1H3. The van der Waals surface area contributed by atoms with E-state index in [1.54, 1.807) is 0 Å². The Bertz CT molecular complexity index is 707. The summed E-state index contributed by atoms with van der Waals surface area (Å²) in [5.74, 6) is 1.28. The van der Waals surface area contributed by atoms with Gasteiger partial charge in [0.2, 0.25) is 0 Å². The molecule has 102 valence electrons. The fraction of sp³-hybridized carbons (Fsp3) is 0.250. The van der Waals surface area contributed by atoms with Crippen LogP contribution in [0.15, 0.2) is 58.5 Å². The highest BCUT2D eigenvalue weighted by molar-refractivity contribution is 6.17. The van der Waals surface area contributed by atoms with Crippen molar-refractivity contribution in [3.63, 3.8) is 0 Å². The Balaban J connectivity index is 1.77. The number of para-hydroxylation sites is 2. The van der Waals surface area contributed by atoms with Crippen molar-refractivity contribution in [2.24, 2.45) is 9.98 Å². The van der Waals surface area contributed by atoms with E-state index >= 15 is 0 Å². The maximum atomic E-state index is 5.82. The Kier molecular flexibility index (Phi) is 3.45. The molecule has 0 spiro atoms. The van der Waals surface area contributed by atoms with E-state index in [1.807, 2.05) is 55.5 Å². The van der Waals surface area contributed by atoms with Crippen molar-refractivity contribution in [3.8, 4) is 5.75 Å². The first-order chi connectivity index (χ1) is 9.68. The van der Waals surface area contributed by atoms with Crippen molar-refractivity contribution >= 4 is 11.6 Å². The highest BCUT2D eigenvalue weighted by Crippen LogP contribution is 2.19. The first-order valence-corrected chi connectivity index (χ1v) is 7.04. The van der Waals surface area contributed by atoms with Gasteiger partial charge in [-0.25, -0.2) is 9.98 Å². The molecule has 3 nitrogen and oxygen atoms in total. The van der Waals surface area contributed by atoms with E-state index in [0.29, 0.717) is 12.5 Å². The quantitative estimate of drug-likeness (QED) is 0.795. The zero-order valence-corrected chi connectivity index (χ0v) is 12.0. The normalized spacial score (nSPS) is 15.1. The summed E-state index contributed by atoms with van der Waals surface area (Å²) >= 11 is 5.82. The van der Waals surface area contributed by atoms with Gasteiger partial charge in [-0.3, -0.25) is 0 Å². The fourth-order valence-corrected chi connectivity index (χ4v) is 2.37. The minimum Gasteiger partial charge on any atom is -0.489 e. The van der Waals surface area contributed by atoms with Crippen molar-refractivity contribution in [1.82, 2.24) is 0 Å². The second-order valence-electron chi connectivity index (χ2n) is 5.00. The summed E-state index contributed by atoms with van der Waals surface area (Å²) in [6.07, 6.45) is 0. The number of ether oxygens (including phenoxy) is 1. The molecule has 4 heteroatoms. The van der Waals surface area contributed by atoms with Gasteiger partial charge in [0, 0.05) is 5.88 Å². The Morgan fingerprint density at radius 3 is 2.40 bits per heavy atom. The van der Waals surface area contributed by atoms with Crippen molar-refractivity contribution < 1.29 is 4.74 Å². The monoisotopic (exact) mass is 286 g/mol. The summed E-state index contributed by atoms with van der Waals surface area (Å²) in [7, 11) is 0. The van der Waals surface area contributed by atoms with Crippen LogP contribution >= 0.6 is 11.6 Å². The van der Waals surface area contributed by atoms with E-state index in [1.165, 1.54) is 0 Å². The van der Waals surface area contributed by atoms with Crippen LogP contribution in [0.2, 0.25) is 0 Å². The van der Waals surface area contributed by atoms with E-state index < -0.39 is 5.66 Å². The Labute approximate surface area is 122 Å². The molecule has 2 aromatic rings. The molecular formula is C16H15ClN2O. The van der Waals surface area contributed by atoms with Gasteiger partial charge >= 0.3 is 0 Å². The Morgan fingerprint density at radius 2 is 1.75 bits per heavy atom. The summed E-state index contributed by atoms with van der Waals surface area (Å²) in [6.45, 7) is 2.38.